The Morgan fingerprint density at radius 1 is 0.407 bits per heavy atom. The molecule has 1 aliphatic carbocycles. The van der Waals surface area contributed by atoms with Crippen LogP contribution in [-0.4, -0.2) is 52.7 Å². The number of hydrogen-bond acceptors (Lipinski definition) is 14. The van der Waals surface area contributed by atoms with Crippen LogP contribution in [0.25, 0.3) is 38.6 Å². The van der Waals surface area contributed by atoms with Crippen molar-refractivity contribution in [3.63, 3.8) is 0 Å². The van der Waals surface area contributed by atoms with Crippen LogP contribution in [0.15, 0.2) is 242 Å². The lowest BCUT2D eigenvalue weighted by Gasteiger charge is -2.18. The predicted molar refractivity (Wildman–Crippen MR) is 322 cm³/mol. The second kappa shape index (κ2) is 30.0. The highest BCUT2D eigenvalue weighted by molar-refractivity contribution is 5.96. The molecule has 0 spiro atoms. The number of benzene rings is 8. The molecule has 0 fully saturated rings. The van der Waals surface area contributed by atoms with Crippen molar-refractivity contribution in [3.8, 4) is 74.0 Å². The monoisotopic (exact) mass is 1160 g/mol. The molecule has 0 radical (unpaired) electrons. The van der Waals surface area contributed by atoms with Crippen LogP contribution in [0, 0.1) is 6.92 Å². The van der Waals surface area contributed by atoms with Gasteiger partial charge in [0.2, 0.25) is 52.4 Å². The van der Waals surface area contributed by atoms with Crippen LogP contribution in [0.5, 0.6) is 51.7 Å². The molecule has 0 N–H and O–H groups in total. The molecule has 0 aromatic heterocycles. The van der Waals surface area contributed by atoms with Crippen LogP contribution in [0.2, 0.25) is 0 Å². The van der Waals surface area contributed by atoms with Crippen molar-refractivity contribution in [2.45, 2.75) is 26.7 Å². The number of aryl methyl sites for hydroxylation is 1. The summed E-state index contributed by atoms with van der Waals surface area (Å²) < 4.78 is 93.5. The summed E-state index contributed by atoms with van der Waals surface area (Å²) in [5.41, 5.74) is 8.13. The van der Waals surface area contributed by atoms with Gasteiger partial charge in [-0.15, -0.1) is 0 Å². The summed E-state index contributed by atoms with van der Waals surface area (Å²) in [6, 6.07) is 54.4. The predicted octanol–water partition coefficient (Wildman–Crippen LogP) is 16.1. The zero-order valence-corrected chi connectivity index (χ0v) is 47.2. The number of ether oxygens (including phenoxy) is 12. The number of allylic oxidation sites excluding steroid dienone is 7. The van der Waals surface area contributed by atoms with E-state index in [9.17, 15) is 18.4 Å². The highest BCUT2D eigenvalue weighted by Crippen LogP contribution is 2.37. The zero-order valence-electron chi connectivity index (χ0n) is 47.2. The average molecular weight is 1160 g/mol. The summed E-state index contributed by atoms with van der Waals surface area (Å²) in [4.78, 5) is 22.3. The van der Waals surface area contributed by atoms with Crippen LogP contribution in [0.3, 0.4) is 0 Å². The van der Waals surface area contributed by atoms with E-state index in [0.29, 0.717) is 63.9 Å². The minimum absolute atomic E-state index is 0.0328. The first kappa shape index (κ1) is 59.9. The van der Waals surface area contributed by atoms with Gasteiger partial charge in [0.1, 0.15) is 57.5 Å². The number of carbonyl (C=O) groups excluding carboxylic acids is 2. The topological polar surface area (TPSA) is 145 Å². The SMILES string of the molecule is C=C(F)C(=O)OCOc1ccc(OCOc2ccc(-c3ccc(OCOC4=C(\c5cc(OCOc6ccc(-c7ccc(OCOc8ccc(OCOC(=O)C(=C)F)cc8)cc7)cc6)cc6cc(C)ccc56)C/C=C\C(C)=C/C/C=C\4)cc3)cc2)cc1. The first-order valence-electron chi connectivity index (χ1n) is 27.1. The van der Waals surface area contributed by atoms with E-state index in [1.807, 2.05) is 115 Å². The summed E-state index contributed by atoms with van der Waals surface area (Å²) in [7, 11) is 0. The molecule has 16 heteroatoms. The molecule has 1 aliphatic rings. The lowest BCUT2D eigenvalue weighted by atomic mass is 9.93. The minimum atomic E-state index is -1.20. The Labute approximate surface area is 496 Å². The lowest BCUT2D eigenvalue weighted by molar-refractivity contribution is -0.148. The van der Waals surface area contributed by atoms with Crippen molar-refractivity contribution in [2.24, 2.45) is 0 Å². The molecule has 8 aromatic rings. The molecule has 0 atom stereocenters. The maximum atomic E-state index is 12.8. The van der Waals surface area contributed by atoms with Gasteiger partial charge >= 0.3 is 11.9 Å². The van der Waals surface area contributed by atoms with Crippen LogP contribution in [0.1, 0.15) is 30.9 Å². The van der Waals surface area contributed by atoms with Gasteiger partial charge in [-0.3, -0.25) is 0 Å². The number of hydrogen-bond donors (Lipinski definition) is 0. The Kier molecular flexibility index (Phi) is 20.9. The third kappa shape index (κ3) is 17.6. The second-order valence-electron chi connectivity index (χ2n) is 19.1. The van der Waals surface area contributed by atoms with E-state index in [1.54, 1.807) is 48.5 Å². The molecule has 14 nitrogen and oxygen atoms in total. The van der Waals surface area contributed by atoms with Crippen molar-refractivity contribution in [3.05, 3.63) is 254 Å². The van der Waals surface area contributed by atoms with Gasteiger partial charge in [0.25, 0.3) is 0 Å². The molecule has 0 saturated heterocycles. The van der Waals surface area contributed by atoms with Gasteiger partial charge < -0.3 is 56.8 Å². The van der Waals surface area contributed by atoms with E-state index in [4.69, 9.17) is 47.4 Å². The quantitative estimate of drug-likeness (QED) is 0.0273. The van der Waals surface area contributed by atoms with Crippen molar-refractivity contribution in [2.75, 3.05) is 40.8 Å². The fourth-order valence-electron chi connectivity index (χ4n) is 8.59. The molecule has 8 aromatic carbocycles. The molecule has 9 rings (SSSR count). The van der Waals surface area contributed by atoms with Crippen LogP contribution in [0.4, 0.5) is 8.78 Å². The molecule has 0 aliphatic heterocycles. The van der Waals surface area contributed by atoms with Gasteiger partial charge in [-0.2, -0.15) is 8.78 Å². The maximum Gasteiger partial charge on any atom is 0.369 e. The van der Waals surface area contributed by atoms with E-state index < -0.39 is 37.2 Å². The molecular weight excluding hydrogens is 1100 g/mol. The summed E-state index contributed by atoms with van der Waals surface area (Å²) in [5, 5.41) is 2.06. The third-order valence-electron chi connectivity index (χ3n) is 13.1. The second-order valence-corrected chi connectivity index (χ2v) is 19.1. The van der Waals surface area contributed by atoms with Gasteiger partial charge in [0.05, 0.1) is 0 Å². The lowest BCUT2D eigenvalue weighted by Crippen LogP contribution is -2.10. The Hall–Kier alpha value is -10.7. The van der Waals surface area contributed by atoms with Crippen LogP contribution >= 0.6 is 0 Å². The zero-order chi connectivity index (χ0) is 60.0. The maximum absolute atomic E-state index is 12.8. The van der Waals surface area contributed by atoms with Gasteiger partial charge in [-0.1, -0.05) is 115 Å². The largest absolute Gasteiger partial charge is 0.458 e. The van der Waals surface area contributed by atoms with E-state index in [2.05, 4.69) is 79.0 Å². The Morgan fingerprint density at radius 2 is 0.767 bits per heavy atom. The molecule has 0 saturated carbocycles. The highest BCUT2D eigenvalue weighted by atomic mass is 19.1. The van der Waals surface area contributed by atoms with E-state index in [-0.39, 0.29) is 27.2 Å². The number of esters is 2. The van der Waals surface area contributed by atoms with Crippen molar-refractivity contribution < 1.29 is 75.2 Å². The highest BCUT2D eigenvalue weighted by Gasteiger charge is 2.17. The van der Waals surface area contributed by atoms with Crippen molar-refractivity contribution in [1.29, 1.82) is 0 Å². The van der Waals surface area contributed by atoms with E-state index in [0.717, 1.165) is 56.1 Å². The number of carbonyl (C=O) groups is 2. The Morgan fingerprint density at radius 3 is 1.16 bits per heavy atom. The number of rotatable bonds is 27. The van der Waals surface area contributed by atoms with Crippen molar-refractivity contribution in [1.82, 2.24) is 0 Å². The molecule has 0 unspecified atom stereocenters. The summed E-state index contributed by atoms with van der Waals surface area (Å²) >= 11 is 0. The van der Waals surface area contributed by atoms with Gasteiger partial charge in [-0.05, 0) is 181 Å². The molecule has 0 amide bonds. The van der Waals surface area contributed by atoms with Crippen molar-refractivity contribution >= 4 is 28.3 Å². The molecular formula is C70H60F2O14. The first-order valence-corrected chi connectivity index (χ1v) is 27.1. The number of halogens is 2. The Bertz CT molecular complexity index is 3740. The Balaban J connectivity index is 0.778. The molecule has 438 valence electrons. The normalized spacial score (nSPS) is 14.2. The van der Waals surface area contributed by atoms with E-state index >= 15 is 0 Å². The fourth-order valence-corrected chi connectivity index (χ4v) is 8.59. The van der Waals surface area contributed by atoms with Crippen LogP contribution in [-0.2, 0) is 23.8 Å². The average Bonchev–Trinajstić information content (AvgIpc) is 3.54. The standard InChI is InChI=1S/C70H60F2O14/c1-47-8-5-6-11-68(84-44-80-59-27-19-54(20-28-59)52-15-23-57(24-16-52)76-42-78-61-31-35-63(36-32-61)82-46-86-70(74)50(4)72)66(10-7-9-47)67-40-64(39-55-38-48(2)12-37-65(55)67)83-43-79-58-25-17-53(18-26-58)51-13-21-56(22-14-51)75-41-77-60-29-33-62(34-30-60)81-45-85-69(73)49(3)71/h6-9,11-40H,3-5,10,41-46H2,1-2H3/b9-7-,11-6-,47-8-,68-66-. The van der Waals surface area contributed by atoms with E-state index in [1.165, 1.54) is 5.57 Å². The smallest absolute Gasteiger partial charge is 0.369 e. The van der Waals surface area contributed by atoms with Gasteiger partial charge in [0, 0.05) is 5.57 Å². The molecule has 86 heavy (non-hydrogen) atoms. The summed E-state index contributed by atoms with van der Waals surface area (Å²) in [6.45, 7) is 8.86. The molecule has 0 heterocycles. The van der Waals surface area contributed by atoms with Crippen LogP contribution < -0.4 is 42.6 Å². The summed E-state index contributed by atoms with van der Waals surface area (Å²) in [5.74, 6) is 0.913. The third-order valence-corrected chi connectivity index (χ3v) is 13.1. The first-order chi connectivity index (χ1) is 41.9. The molecule has 0 bridgehead atoms. The number of fused-ring (bicyclic) bond motifs is 1. The fraction of sp³-hybridized carbons (Fsp3) is 0.143. The summed E-state index contributed by atoms with van der Waals surface area (Å²) in [6.07, 6.45) is 11.8. The van der Waals surface area contributed by atoms with Gasteiger partial charge in [-0.25, -0.2) is 9.59 Å². The van der Waals surface area contributed by atoms with Gasteiger partial charge in [0.15, 0.2) is 0 Å². The minimum Gasteiger partial charge on any atom is -0.458 e.